The predicted molar refractivity (Wildman–Crippen MR) is 84.8 cm³/mol. The molecule has 0 saturated carbocycles. The van der Waals surface area contributed by atoms with E-state index in [9.17, 15) is 4.79 Å². The fourth-order valence-electron chi connectivity index (χ4n) is 3.85. The van der Waals surface area contributed by atoms with E-state index in [2.05, 4.69) is 41.8 Å². The van der Waals surface area contributed by atoms with Crippen molar-refractivity contribution in [1.82, 2.24) is 9.80 Å². The molecule has 21 heavy (non-hydrogen) atoms. The van der Waals surface area contributed by atoms with Gasteiger partial charge in [0.25, 0.3) is 0 Å². The smallest absolute Gasteiger partial charge is 0.245 e. The Bertz CT molecular complexity index is 499. The number of carbonyl (C=O) groups is 1. The second-order valence-corrected chi connectivity index (χ2v) is 6.20. The molecule has 2 atom stereocenters. The maximum absolute atomic E-state index is 11.8. The average molecular weight is 284 g/mol. The molecule has 3 heteroatoms. The lowest BCUT2D eigenvalue weighted by molar-refractivity contribution is -0.129. The number of fused-ring (bicyclic) bond motifs is 1. The van der Waals surface area contributed by atoms with E-state index in [0.717, 1.165) is 26.1 Å². The first-order valence-electron chi connectivity index (χ1n) is 7.97. The molecule has 3 nitrogen and oxygen atoms in total. The molecule has 2 heterocycles. The van der Waals surface area contributed by atoms with Crippen LogP contribution >= 0.6 is 0 Å². The number of piperidine rings is 2. The van der Waals surface area contributed by atoms with Crippen LogP contribution in [0, 0.1) is 5.92 Å². The van der Waals surface area contributed by atoms with Gasteiger partial charge in [-0.05, 0) is 43.4 Å². The van der Waals surface area contributed by atoms with Crippen LogP contribution < -0.4 is 0 Å². The number of hydrogen-bond acceptors (Lipinski definition) is 2. The number of rotatable bonds is 3. The third kappa shape index (κ3) is 3.18. The summed E-state index contributed by atoms with van der Waals surface area (Å²) in [5.41, 5.74) is 1.39. The van der Waals surface area contributed by atoms with Gasteiger partial charge in [0, 0.05) is 25.7 Å². The van der Waals surface area contributed by atoms with Crippen LogP contribution in [-0.4, -0.2) is 41.4 Å². The maximum atomic E-state index is 11.8. The molecule has 1 amide bonds. The molecule has 0 aliphatic carbocycles. The minimum absolute atomic E-state index is 0.0913. The van der Waals surface area contributed by atoms with Gasteiger partial charge in [-0.2, -0.15) is 0 Å². The van der Waals surface area contributed by atoms with Crippen molar-refractivity contribution in [2.24, 2.45) is 5.92 Å². The summed E-state index contributed by atoms with van der Waals surface area (Å²) in [6, 6.07) is 11.3. The Hall–Kier alpha value is -1.61. The van der Waals surface area contributed by atoms with Gasteiger partial charge in [-0.15, -0.1) is 0 Å². The molecule has 2 fully saturated rings. The van der Waals surface area contributed by atoms with E-state index in [1.165, 1.54) is 31.0 Å². The highest BCUT2D eigenvalue weighted by Gasteiger charge is 2.36. The summed E-state index contributed by atoms with van der Waals surface area (Å²) in [5, 5.41) is 0. The molecule has 2 saturated heterocycles. The van der Waals surface area contributed by atoms with E-state index in [-0.39, 0.29) is 5.91 Å². The molecule has 0 unspecified atom stereocenters. The first kappa shape index (κ1) is 14.3. The fourth-order valence-corrected chi connectivity index (χ4v) is 3.85. The molecule has 2 aliphatic rings. The van der Waals surface area contributed by atoms with Crippen LogP contribution in [0.1, 0.15) is 24.8 Å². The zero-order chi connectivity index (χ0) is 14.7. The monoisotopic (exact) mass is 284 g/mol. The molecule has 2 aliphatic heterocycles. The van der Waals surface area contributed by atoms with Crippen LogP contribution in [0.15, 0.2) is 43.0 Å². The van der Waals surface area contributed by atoms with Gasteiger partial charge in [-0.1, -0.05) is 36.9 Å². The van der Waals surface area contributed by atoms with Gasteiger partial charge in [0.05, 0.1) is 0 Å². The summed E-state index contributed by atoms with van der Waals surface area (Å²) in [6.07, 6.45) is 5.03. The van der Waals surface area contributed by atoms with E-state index >= 15 is 0 Å². The van der Waals surface area contributed by atoms with Crippen LogP contribution in [0.3, 0.4) is 0 Å². The summed E-state index contributed by atoms with van der Waals surface area (Å²) in [6.45, 7) is 7.61. The van der Waals surface area contributed by atoms with Crippen LogP contribution in [-0.2, 0) is 11.3 Å². The Kier molecular flexibility index (Phi) is 4.39. The zero-order valence-corrected chi connectivity index (χ0v) is 12.6. The quantitative estimate of drug-likeness (QED) is 0.797. The normalized spacial score (nSPS) is 26.2. The number of amides is 1. The van der Waals surface area contributed by atoms with Crippen molar-refractivity contribution in [3.8, 4) is 0 Å². The van der Waals surface area contributed by atoms with Gasteiger partial charge in [-0.3, -0.25) is 9.69 Å². The molecule has 1 aromatic carbocycles. The number of benzene rings is 1. The van der Waals surface area contributed by atoms with Gasteiger partial charge >= 0.3 is 0 Å². The Balaban J connectivity index is 1.66. The summed E-state index contributed by atoms with van der Waals surface area (Å²) >= 11 is 0. The topological polar surface area (TPSA) is 23.6 Å². The predicted octanol–water partition coefficient (Wildman–Crippen LogP) is 2.69. The summed E-state index contributed by atoms with van der Waals surface area (Å²) in [5.74, 6) is 0.716. The van der Waals surface area contributed by atoms with E-state index in [1.807, 2.05) is 4.90 Å². The van der Waals surface area contributed by atoms with E-state index in [4.69, 9.17) is 0 Å². The van der Waals surface area contributed by atoms with Crippen LogP contribution in [0.25, 0.3) is 0 Å². The Morgan fingerprint density at radius 3 is 2.81 bits per heavy atom. The average Bonchev–Trinajstić information content (AvgIpc) is 2.55. The Morgan fingerprint density at radius 1 is 1.24 bits per heavy atom. The second-order valence-electron chi connectivity index (χ2n) is 6.20. The minimum atomic E-state index is 0.0913. The first-order valence-corrected chi connectivity index (χ1v) is 7.97. The third-order valence-electron chi connectivity index (χ3n) is 4.90. The molecule has 0 N–H and O–H groups in total. The largest absolute Gasteiger partial charge is 0.339 e. The Morgan fingerprint density at radius 2 is 2.05 bits per heavy atom. The molecule has 0 bridgehead atoms. The van der Waals surface area contributed by atoms with Gasteiger partial charge < -0.3 is 4.90 Å². The van der Waals surface area contributed by atoms with Crippen LogP contribution in [0.5, 0.6) is 0 Å². The van der Waals surface area contributed by atoms with Gasteiger partial charge in [0.1, 0.15) is 0 Å². The van der Waals surface area contributed by atoms with Crippen LogP contribution in [0.2, 0.25) is 0 Å². The van der Waals surface area contributed by atoms with Crippen molar-refractivity contribution in [3.05, 3.63) is 48.6 Å². The van der Waals surface area contributed by atoms with Crippen molar-refractivity contribution < 1.29 is 4.79 Å². The van der Waals surface area contributed by atoms with Gasteiger partial charge in [0.2, 0.25) is 5.91 Å². The lowest BCUT2D eigenvalue weighted by Crippen LogP contribution is -2.54. The highest BCUT2D eigenvalue weighted by Crippen LogP contribution is 2.31. The van der Waals surface area contributed by atoms with Crippen molar-refractivity contribution in [2.45, 2.75) is 31.8 Å². The molecule has 1 aromatic rings. The van der Waals surface area contributed by atoms with Crippen molar-refractivity contribution in [2.75, 3.05) is 19.6 Å². The lowest BCUT2D eigenvalue weighted by Gasteiger charge is -2.47. The molecular formula is C18H24N2O. The van der Waals surface area contributed by atoms with E-state index in [0.29, 0.717) is 12.0 Å². The molecule has 0 spiro atoms. The van der Waals surface area contributed by atoms with Crippen molar-refractivity contribution >= 4 is 5.91 Å². The number of likely N-dealkylation sites (tertiary alicyclic amines) is 2. The molecule has 0 radical (unpaired) electrons. The maximum Gasteiger partial charge on any atom is 0.245 e. The standard InChI is InChI=1S/C18H24N2O/c1-2-18(21)20-12-10-17-16(14-20)9-6-11-19(17)13-15-7-4-3-5-8-15/h2-5,7-8,16-17H,1,6,9-14H2/t16-,17+/m1/s1. The first-order chi connectivity index (χ1) is 10.3. The zero-order valence-electron chi connectivity index (χ0n) is 12.6. The SMILES string of the molecule is C=CC(=O)N1CC[C@H]2[C@H](CCCN2Cc2ccccc2)C1. The number of carbonyl (C=O) groups excluding carboxylic acids is 1. The summed E-state index contributed by atoms with van der Waals surface area (Å²) in [4.78, 5) is 16.4. The molecule has 112 valence electrons. The summed E-state index contributed by atoms with van der Waals surface area (Å²) in [7, 11) is 0. The second kappa shape index (κ2) is 6.44. The highest BCUT2D eigenvalue weighted by molar-refractivity contribution is 5.87. The van der Waals surface area contributed by atoms with Crippen LogP contribution in [0.4, 0.5) is 0 Å². The number of hydrogen-bond donors (Lipinski definition) is 0. The minimum Gasteiger partial charge on any atom is -0.339 e. The third-order valence-corrected chi connectivity index (χ3v) is 4.90. The van der Waals surface area contributed by atoms with Crippen molar-refractivity contribution in [1.29, 1.82) is 0 Å². The van der Waals surface area contributed by atoms with Gasteiger partial charge in [0.15, 0.2) is 0 Å². The number of nitrogens with zero attached hydrogens (tertiary/aromatic N) is 2. The lowest BCUT2D eigenvalue weighted by atomic mass is 9.83. The molecular weight excluding hydrogens is 260 g/mol. The summed E-state index contributed by atoms with van der Waals surface area (Å²) < 4.78 is 0. The van der Waals surface area contributed by atoms with E-state index in [1.54, 1.807) is 0 Å². The molecule has 3 rings (SSSR count). The van der Waals surface area contributed by atoms with Crippen molar-refractivity contribution in [3.63, 3.8) is 0 Å². The fraction of sp³-hybridized carbons (Fsp3) is 0.500. The van der Waals surface area contributed by atoms with E-state index < -0.39 is 0 Å². The Labute approximate surface area is 127 Å². The highest BCUT2D eigenvalue weighted by atomic mass is 16.2. The van der Waals surface area contributed by atoms with Gasteiger partial charge in [-0.25, -0.2) is 0 Å². The molecule has 0 aromatic heterocycles.